The van der Waals surface area contributed by atoms with E-state index in [1.807, 2.05) is 62.4 Å². The Bertz CT molecular complexity index is 901. The molecule has 0 aliphatic rings. The molecule has 0 spiro atoms. The number of aliphatic hydroxyl groups excluding tert-OH is 1. The molecule has 4 N–H and O–H groups in total. The Balaban J connectivity index is 2.44. The van der Waals surface area contributed by atoms with Gasteiger partial charge in [0.05, 0.1) is 18.2 Å². The molecule has 0 saturated heterocycles. The number of carbonyl (C=O) groups excluding carboxylic acids is 1. The van der Waals surface area contributed by atoms with Gasteiger partial charge in [0.15, 0.2) is 0 Å². The van der Waals surface area contributed by atoms with Crippen molar-refractivity contribution in [3.63, 3.8) is 0 Å². The minimum Gasteiger partial charge on any atom is -0.394 e. The van der Waals surface area contributed by atoms with Gasteiger partial charge >= 0.3 is 0 Å². The smallest absolute Gasteiger partial charge is 0.240 e. The minimum absolute atomic E-state index is 0.0463. The average Bonchev–Trinajstić information content (AvgIpc) is 2.75. The van der Waals surface area contributed by atoms with E-state index in [-0.39, 0.29) is 36.3 Å². The molecule has 2 aromatic rings. The summed E-state index contributed by atoms with van der Waals surface area (Å²) in [5.74, 6) is -0.253. The zero-order chi connectivity index (χ0) is 23.9. The number of carbonyl (C=O) groups is 1. The second-order valence-electron chi connectivity index (χ2n) is 8.86. The highest BCUT2D eigenvalue weighted by atomic mass is 35.5. The summed E-state index contributed by atoms with van der Waals surface area (Å²) in [5.41, 5.74) is 7.66. The van der Waals surface area contributed by atoms with Gasteiger partial charge in [-0.25, -0.2) is 0 Å². The van der Waals surface area contributed by atoms with Gasteiger partial charge in [-0.1, -0.05) is 74.3 Å². The monoisotopic (exact) mass is 476 g/mol. The van der Waals surface area contributed by atoms with Crippen molar-refractivity contribution in [3.05, 3.63) is 82.4 Å². The van der Waals surface area contributed by atoms with E-state index < -0.39 is 5.54 Å². The number of rotatable bonds is 11. The van der Waals surface area contributed by atoms with E-state index >= 15 is 0 Å². The molecule has 32 heavy (non-hydrogen) atoms. The highest BCUT2D eigenvalue weighted by Gasteiger charge is 2.39. The van der Waals surface area contributed by atoms with Gasteiger partial charge in [-0.3, -0.25) is 4.79 Å². The van der Waals surface area contributed by atoms with E-state index in [1.54, 1.807) is 6.08 Å². The Labute approximate surface area is 201 Å². The molecular formula is C26H34Cl2N2O2. The van der Waals surface area contributed by atoms with Crippen LogP contribution in [0.15, 0.2) is 61.2 Å². The maximum atomic E-state index is 13.3. The molecule has 174 valence electrons. The zero-order valence-corrected chi connectivity index (χ0v) is 20.5. The summed E-state index contributed by atoms with van der Waals surface area (Å²) >= 11 is 12.4. The summed E-state index contributed by atoms with van der Waals surface area (Å²) in [6, 6.07) is 15.0. The van der Waals surface area contributed by atoms with E-state index in [0.717, 1.165) is 11.1 Å². The largest absolute Gasteiger partial charge is 0.394 e. The fraction of sp³-hybridized carbons (Fsp3) is 0.423. The lowest BCUT2D eigenvalue weighted by Gasteiger charge is -2.36. The number of nitrogens with two attached hydrogens (primary N) is 1. The van der Waals surface area contributed by atoms with Crippen molar-refractivity contribution < 1.29 is 9.90 Å². The fourth-order valence-electron chi connectivity index (χ4n) is 3.97. The molecule has 0 aromatic heterocycles. The molecule has 2 rings (SSSR count). The van der Waals surface area contributed by atoms with Crippen LogP contribution in [0.3, 0.4) is 0 Å². The minimum atomic E-state index is -1.20. The summed E-state index contributed by atoms with van der Waals surface area (Å²) < 4.78 is 0. The lowest BCUT2D eigenvalue weighted by atomic mass is 9.73. The van der Waals surface area contributed by atoms with Crippen LogP contribution in [0, 0.1) is 5.92 Å². The molecule has 0 heterocycles. The number of nitrogens with one attached hydrogen (secondary N) is 1. The normalized spacial score (nSPS) is 16.1. The molecule has 0 saturated carbocycles. The lowest BCUT2D eigenvalue weighted by Crippen LogP contribution is -2.58. The fourth-order valence-corrected chi connectivity index (χ4v) is 4.30. The maximum Gasteiger partial charge on any atom is 0.240 e. The molecule has 0 radical (unpaired) electrons. The summed E-state index contributed by atoms with van der Waals surface area (Å²) in [6.07, 6.45) is 2.36. The van der Waals surface area contributed by atoms with Crippen molar-refractivity contribution >= 4 is 29.1 Å². The Morgan fingerprint density at radius 3 is 2.31 bits per heavy atom. The van der Waals surface area contributed by atoms with Crippen LogP contribution in [0.1, 0.15) is 56.6 Å². The first-order valence-electron chi connectivity index (χ1n) is 10.9. The van der Waals surface area contributed by atoms with E-state index in [4.69, 9.17) is 28.9 Å². The predicted molar refractivity (Wildman–Crippen MR) is 134 cm³/mol. The number of amides is 1. The molecule has 4 nitrogen and oxygen atoms in total. The van der Waals surface area contributed by atoms with E-state index in [2.05, 4.69) is 18.8 Å². The molecule has 0 fully saturated rings. The second-order valence-corrected chi connectivity index (χ2v) is 9.73. The van der Waals surface area contributed by atoms with Crippen molar-refractivity contribution in [1.82, 2.24) is 5.32 Å². The van der Waals surface area contributed by atoms with Gasteiger partial charge in [-0.05, 0) is 66.0 Å². The Morgan fingerprint density at radius 2 is 1.78 bits per heavy atom. The van der Waals surface area contributed by atoms with Gasteiger partial charge in [-0.15, -0.1) is 6.58 Å². The van der Waals surface area contributed by atoms with Gasteiger partial charge in [0.2, 0.25) is 5.91 Å². The van der Waals surface area contributed by atoms with Crippen molar-refractivity contribution in [2.24, 2.45) is 11.7 Å². The van der Waals surface area contributed by atoms with Crippen molar-refractivity contribution in [2.45, 2.75) is 57.0 Å². The Hall–Kier alpha value is -1.85. The van der Waals surface area contributed by atoms with E-state index in [0.29, 0.717) is 22.9 Å². The molecule has 4 atom stereocenters. The number of hydrogen-bond donors (Lipinski definition) is 3. The highest BCUT2D eigenvalue weighted by molar-refractivity contribution is 6.30. The van der Waals surface area contributed by atoms with E-state index in [9.17, 15) is 9.90 Å². The van der Waals surface area contributed by atoms with Crippen molar-refractivity contribution in [2.75, 3.05) is 6.61 Å². The molecule has 1 amide bonds. The first kappa shape index (κ1) is 26.4. The SMILES string of the molecule is C=CC[C@@](N)(C[C@H](c1cccc(Cl)c1)[C@@H](C)c1ccc(Cl)cc1)C(=O)N[C@H](CO)C(C)C. The van der Waals surface area contributed by atoms with Gasteiger partial charge in [0.25, 0.3) is 0 Å². The molecule has 0 bridgehead atoms. The molecule has 0 aliphatic carbocycles. The molecule has 2 aromatic carbocycles. The first-order chi connectivity index (χ1) is 15.1. The Morgan fingerprint density at radius 1 is 1.12 bits per heavy atom. The molecule has 0 unspecified atom stereocenters. The molecular weight excluding hydrogens is 443 g/mol. The van der Waals surface area contributed by atoms with Gasteiger partial charge in [-0.2, -0.15) is 0 Å². The third kappa shape index (κ3) is 6.82. The lowest BCUT2D eigenvalue weighted by molar-refractivity contribution is -0.128. The summed E-state index contributed by atoms with van der Waals surface area (Å²) in [6.45, 7) is 9.69. The standard InChI is InChI=1S/C26H34Cl2N2O2/c1-5-13-26(29,25(32)30-24(16-31)17(2)3)15-23(20-7-6-8-22(28)14-20)18(4)19-9-11-21(27)12-10-19/h5-12,14,17-18,23-24,31H,1,13,15-16,29H2,2-4H3,(H,30,32)/t18-,23-,24+,26+/m0/s1. The number of benzene rings is 2. The van der Waals surface area contributed by atoms with Gasteiger partial charge in [0.1, 0.15) is 0 Å². The number of hydrogen-bond acceptors (Lipinski definition) is 3. The number of halogens is 2. The quantitative estimate of drug-likeness (QED) is 0.365. The maximum absolute atomic E-state index is 13.3. The van der Waals surface area contributed by atoms with Crippen LogP contribution in [0.2, 0.25) is 10.0 Å². The summed E-state index contributed by atoms with van der Waals surface area (Å²) in [5, 5.41) is 13.9. The van der Waals surface area contributed by atoms with Crippen LogP contribution in [-0.2, 0) is 4.79 Å². The van der Waals surface area contributed by atoms with E-state index in [1.165, 1.54) is 0 Å². The average molecular weight is 477 g/mol. The predicted octanol–water partition coefficient (Wildman–Crippen LogP) is 5.68. The van der Waals surface area contributed by atoms with Crippen LogP contribution in [0.25, 0.3) is 0 Å². The van der Waals surface area contributed by atoms with Crippen LogP contribution >= 0.6 is 23.2 Å². The number of aliphatic hydroxyl groups is 1. The first-order valence-corrected chi connectivity index (χ1v) is 11.7. The van der Waals surface area contributed by atoms with Crippen molar-refractivity contribution in [3.8, 4) is 0 Å². The molecule has 0 aliphatic heterocycles. The summed E-state index contributed by atoms with van der Waals surface area (Å²) in [7, 11) is 0. The second kappa shape index (κ2) is 11.9. The van der Waals surface area contributed by atoms with Crippen LogP contribution < -0.4 is 11.1 Å². The summed E-state index contributed by atoms with van der Waals surface area (Å²) in [4.78, 5) is 13.3. The van der Waals surface area contributed by atoms with Crippen LogP contribution in [0.4, 0.5) is 0 Å². The van der Waals surface area contributed by atoms with Gasteiger partial charge < -0.3 is 16.2 Å². The zero-order valence-electron chi connectivity index (χ0n) is 19.0. The highest BCUT2D eigenvalue weighted by Crippen LogP contribution is 2.40. The third-order valence-electron chi connectivity index (χ3n) is 6.14. The van der Waals surface area contributed by atoms with Gasteiger partial charge in [0, 0.05) is 10.0 Å². The Kier molecular flexibility index (Phi) is 9.78. The third-order valence-corrected chi connectivity index (χ3v) is 6.63. The topological polar surface area (TPSA) is 75.4 Å². The van der Waals surface area contributed by atoms with Crippen LogP contribution in [-0.4, -0.2) is 29.2 Å². The van der Waals surface area contributed by atoms with Crippen molar-refractivity contribution in [1.29, 1.82) is 0 Å². The van der Waals surface area contributed by atoms with Crippen LogP contribution in [0.5, 0.6) is 0 Å². The molecule has 6 heteroatoms.